The van der Waals surface area contributed by atoms with Crippen molar-refractivity contribution in [2.45, 2.75) is 31.7 Å². The second kappa shape index (κ2) is 4.40. The molecule has 2 rings (SSSR count). The molecule has 1 aliphatic carbocycles. The van der Waals surface area contributed by atoms with E-state index >= 15 is 0 Å². The molecular weight excluding hydrogens is 234 g/mol. The third kappa shape index (κ3) is 1.85. The van der Waals surface area contributed by atoms with Gasteiger partial charge in [0, 0.05) is 11.3 Å². The second-order valence-corrected chi connectivity index (χ2v) is 4.57. The van der Waals surface area contributed by atoms with Gasteiger partial charge in [0.15, 0.2) is 0 Å². The van der Waals surface area contributed by atoms with Gasteiger partial charge in [0.25, 0.3) is 0 Å². The molecule has 0 heterocycles. The van der Waals surface area contributed by atoms with Crippen LogP contribution in [0, 0.1) is 17.0 Å². The molecule has 2 atom stereocenters. The van der Waals surface area contributed by atoms with Crippen molar-refractivity contribution >= 4 is 5.97 Å². The molecule has 1 aromatic rings. The van der Waals surface area contributed by atoms with Gasteiger partial charge in [-0.15, -0.1) is 0 Å². The number of ether oxygens (including phenoxy) is 1. The van der Waals surface area contributed by atoms with Crippen molar-refractivity contribution in [3.8, 4) is 0 Å². The second-order valence-electron chi connectivity index (χ2n) is 4.57. The Hall–Kier alpha value is -1.91. The molecule has 1 aliphatic rings. The third-order valence-electron chi connectivity index (χ3n) is 3.37. The van der Waals surface area contributed by atoms with E-state index < -0.39 is 16.4 Å². The summed E-state index contributed by atoms with van der Waals surface area (Å²) >= 11 is 0. The van der Waals surface area contributed by atoms with E-state index in [1.165, 1.54) is 0 Å². The molecule has 0 N–H and O–H groups in total. The molecular formula is C13H15NO4. The van der Waals surface area contributed by atoms with E-state index in [1.807, 2.05) is 31.2 Å². The van der Waals surface area contributed by atoms with Gasteiger partial charge in [0.2, 0.25) is 0 Å². The minimum atomic E-state index is -1.56. The Morgan fingerprint density at radius 3 is 2.61 bits per heavy atom. The molecule has 0 spiro atoms. The van der Waals surface area contributed by atoms with Crippen molar-refractivity contribution in [2.75, 3.05) is 6.61 Å². The minimum Gasteiger partial charge on any atom is -0.461 e. The molecule has 5 heteroatoms. The van der Waals surface area contributed by atoms with Crippen LogP contribution in [0.1, 0.15) is 30.4 Å². The lowest BCUT2D eigenvalue weighted by molar-refractivity contribution is -0.527. The van der Waals surface area contributed by atoms with Gasteiger partial charge in [-0.25, -0.2) is 4.79 Å². The summed E-state index contributed by atoms with van der Waals surface area (Å²) in [6.07, 6.45) is 0.224. The first-order valence-electron chi connectivity index (χ1n) is 5.90. The molecule has 0 bridgehead atoms. The summed E-state index contributed by atoms with van der Waals surface area (Å²) in [5, 5.41) is 11.2. The van der Waals surface area contributed by atoms with E-state index in [9.17, 15) is 14.9 Å². The van der Waals surface area contributed by atoms with Gasteiger partial charge < -0.3 is 4.74 Å². The van der Waals surface area contributed by atoms with Crippen LogP contribution in [0.25, 0.3) is 0 Å². The zero-order chi connectivity index (χ0) is 13.3. The van der Waals surface area contributed by atoms with Crippen molar-refractivity contribution in [1.82, 2.24) is 0 Å². The SMILES string of the molecule is CCOC(=O)[C@@]1([N+](=O)[O-])C[C@H]1c1ccc(C)cc1. The van der Waals surface area contributed by atoms with Gasteiger partial charge in [0.1, 0.15) is 0 Å². The maximum absolute atomic E-state index is 11.8. The number of hydrogen-bond donors (Lipinski definition) is 0. The van der Waals surface area contributed by atoms with Crippen LogP contribution in [-0.2, 0) is 9.53 Å². The van der Waals surface area contributed by atoms with Crippen LogP contribution in [0.4, 0.5) is 0 Å². The molecule has 0 amide bonds. The van der Waals surface area contributed by atoms with Crippen LogP contribution in [0.15, 0.2) is 24.3 Å². The van der Waals surface area contributed by atoms with E-state index in [4.69, 9.17) is 4.74 Å². The number of aryl methyl sites for hydroxylation is 1. The number of nitro groups is 1. The van der Waals surface area contributed by atoms with Crippen molar-refractivity contribution in [3.05, 3.63) is 45.5 Å². The normalized spacial score (nSPS) is 25.6. The number of carbonyl (C=O) groups excluding carboxylic acids is 1. The zero-order valence-electron chi connectivity index (χ0n) is 10.4. The summed E-state index contributed by atoms with van der Waals surface area (Å²) in [6.45, 7) is 3.76. The van der Waals surface area contributed by atoms with E-state index in [0.29, 0.717) is 0 Å². The number of hydrogen-bond acceptors (Lipinski definition) is 4. The molecule has 1 aromatic carbocycles. The molecule has 1 fully saturated rings. The lowest BCUT2D eigenvalue weighted by Crippen LogP contribution is -2.35. The number of benzene rings is 1. The predicted octanol–water partition coefficient (Wildman–Crippen LogP) is 2.06. The quantitative estimate of drug-likeness (QED) is 0.465. The van der Waals surface area contributed by atoms with Gasteiger partial charge in [0.05, 0.1) is 12.5 Å². The lowest BCUT2D eigenvalue weighted by Gasteiger charge is -2.08. The fourth-order valence-electron chi connectivity index (χ4n) is 2.20. The third-order valence-corrected chi connectivity index (χ3v) is 3.37. The molecule has 0 aromatic heterocycles. The van der Waals surface area contributed by atoms with Crippen molar-refractivity contribution in [2.24, 2.45) is 0 Å². The highest BCUT2D eigenvalue weighted by Gasteiger charge is 2.73. The molecule has 0 aliphatic heterocycles. The van der Waals surface area contributed by atoms with Crippen LogP contribution in [0.2, 0.25) is 0 Å². The first-order valence-corrected chi connectivity index (χ1v) is 5.90. The monoisotopic (exact) mass is 249 g/mol. The molecule has 5 nitrogen and oxygen atoms in total. The molecule has 96 valence electrons. The highest BCUT2D eigenvalue weighted by atomic mass is 16.6. The molecule has 1 saturated carbocycles. The largest absolute Gasteiger partial charge is 0.461 e. The maximum Gasteiger partial charge on any atom is 0.385 e. The van der Waals surface area contributed by atoms with Crippen LogP contribution >= 0.6 is 0 Å². The first kappa shape index (κ1) is 12.5. The Morgan fingerprint density at radius 2 is 2.11 bits per heavy atom. The van der Waals surface area contributed by atoms with Crippen LogP contribution < -0.4 is 0 Å². The van der Waals surface area contributed by atoms with E-state index in [2.05, 4.69) is 0 Å². The van der Waals surface area contributed by atoms with Gasteiger partial charge in [-0.2, -0.15) is 0 Å². The average Bonchev–Trinajstić information content (AvgIpc) is 3.07. The average molecular weight is 249 g/mol. The fourth-order valence-corrected chi connectivity index (χ4v) is 2.20. The topological polar surface area (TPSA) is 69.4 Å². The first-order chi connectivity index (χ1) is 8.52. The highest BCUT2D eigenvalue weighted by Crippen LogP contribution is 2.54. The summed E-state index contributed by atoms with van der Waals surface area (Å²) in [5.74, 6) is -1.09. The van der Waals surface area contributed by atoms with E-state index in [-0.39, 0.29) is 18.9 Å². The Morgan fingerprint density at radius 1 is 1.50 bits per heavy atom. The maximum atomic E-state index is 11.8. The summed E-state index contributed by atoms with van der Waals surface area (Å²) < 4.78 is 4.83. The molecule has 0 saturated heterocycles. The van der Waals surface area contributed by atoms with E-state index in [1.54, 1.807) is 6.92 Å². The minimum absolute atomic E-state index is 0.162. The van der Waals surface area contributed by atoms with Gasteiger partial charge >= 0.3 is 11.5 Å². The van der Waals surface area contributed by atoms with Crippen LogP contribution in [0.5, 0.6) is 0 Å². The van der Waals surface area contributed by atoms with Crippen molar-refractivity contribution < 1.29 is 14.5 Å². The standard InChI is InChI=1S/C13H15NO4/c1-3-18-12(15)13(14(16)17)8-11(13)10-6-4-9(2)5-7-10/h4-7,11H,3,8H2,1-2H3/t11-,13+/m0/s1. The lowest BCUT2D eigenvalue weighted by atomic mass is 10.0. The van der Waals surface area contributed by atoms with Crippen molar-refractivity contribution in [3.63, 3.8) is 0 Å². The van der Waals surface area contributed by atoms with Crippen LogP contribution in [-0.4, -0.2) is 23.0 Å². The molecule has 0 radical (unpaired) electrons. The number of esters is 1. The van der Waals surface area contributed by atoms with Crippen LogP contribution in [0.3, 0.4) is 0 Å². The number of nitrogens with zero attached hydrogens (tertiary/aromatic N) is 1. The summed E-state index contributed by atoms with van der Waals surface area (Å²) in [6, 6.07) is 7.46. The summed E-state index contributed by atoms with van der Waals surface area (Å²) in [5.41, 5.74) is 0.346. The van der Waals surface area contributed by atoms with Crippen molar-refractivity contribution in [1.29, 1.82) is 0 Å². The molecule has 18 heavy (non-hydrogen) atoms. The van der Waals surface area contributed by atoms with E-state index in [0.717, 1.165) is 11.1 Å². The number of rotatable bonds is 4. The summed E-state index contributed by atoms with van der Waals surface area (Å²) in [7, 11) is 0. The van der Waals surface area contributed by atoms with Gasteiger partial charge in [-0.1, -0.05) is 29.8 Å². The smallest absolute Gasteiger partial charge is 0.385 e. The van der Waals surface area contributed by atoms with Gasteiger partial charge in [-0.3, -0.25) is 10.1 Å². The Labute approximate surface area is 105 Å². The Bertz CT molecular complexity index is 482. The Balaban J connectivity index is 2.25. The highest BCUT2D eigenvalue weighted by molar-refractivity contribution is 5.85. The summed E-state index contributed by atoms with van der Waals surface area (Å²) in [4.78, 5) is 22.4. The zero-order valence-corrected chi connectivity index (χ0v) is 10.4. The van der Waals surface area contributed by atoms with Gasteiger partial charge in [-0.05, 0) is 19.4 Å². The Kier molecular flexibility index (Phi) is 3.07. The predicted molar refractivity (Wildman–Crippen MR) is 64.9 cm³/mol. The fraction of sp³-hybridized carbons (Fsp3) is 0.462. The number of carbonyl (C=O) groups is 1. The molecule has 0 unspecified atom stereocenters.